The summed E-state index contributed by atoms with van der Waals surface area (Å²) in [6, 6.07) is 0. The van der Waals surface area contributed by atoms with Gasteiger partial charge in [-0.25, -0.2) is 0 Å². The molecule has 1 saturated heterocycles. The molecule has 4 heteroatoms. The summed E-state index contributed by atoms with van der Waals surface area (Å²) >= 11 is 0. The van der Waals surface area contributed by atoms with Crippen LogP contribution in [0.25, 0.3) is 0 Å². The van der Waals surface area contributed by atoms with E-state index >= 15 is 0 Å². The highest BCUT2D eigenvalue weighted by Gasteiger charge is 2.21. The second-order valence-electron chi connectivity index (χ2n) is 4.69. The molecule has 1 fully saturated rings. The van der Waals surface area contributed by atoms with E-state index < -0.39 is 0 Å². The summed E-state index contributed by atoms with van der Waals surface area (Å²) in [6.07, 6.45) is 3.13. The predicted molar refractivity (Wildman–Crippen MR) is 65.7 cm³/mol. The van der Waals surface area contributed by atoms with Gasteiger partial charge in [-0.2, -0.15) is 0 Å². The third kappa shape index (κ3) is 2.31. The van der Waals surface area contributed by atoms with Gasteiger partial charge in [0.05, 0.1) is 12.2 Å². The van der Waals surface area contributed by atoms with Gasteiger partial charge in [0, 0.05) is 11.3 Å². The molecule has 0 aromatic carbocycles. The number of aromatic nitrogens is 1. The SMILES string of the molecule is Cc1[nH]c(C=O)c(C)c1C(=O)CN1CCCC1. The molecule has 1 aromatic rings. The molecule has 0 spiro atoms. The molecule has 0 amide bonds. The molecule has 1 aliphatic rings. The fourth-order valence-electron chi connectivity index (χ4n) is 2.53. The maximum absolute atomic E-state index is 12.2. The predicted octanol–water partition coefficient (Wildman–Crippen LogP) is 1.72. The van der Waals surface area contributed by atoms with Gasteiger partial charge in [-0.3, -0.25) is 14.5 Å². The van der Waals surface area contributed by atoms with Crippen LogP contribution in [0, 0.1) is 13.8 Å². The van der Waals surface area contributed by atoms with Crippen LogP contribution >= 0.6 is 0 Å². The molecule has 0 saturated carbocycles. The lowest BCUT2D eigenvalue weighted by Crippen LogP contribution is -2.27. The summed E-state index contributed by atoms with van der Waals surface area (Å²) in [5, 5.41) is 0. The second kappa shape index (κ2) is 4.84. The van der Waals surface area contributed by atoms with Crippen molar-refractivity contribution in [1.29, 1.82) is 0 Å². The van der Waals surface area contributed by atoms with Gasteiger partial charge in [-0.15, -0.1) is 0 Å². The fraction of sp³-hybridized carbons (Fsp3) is 0.538. The van der Waals surface area contributed by atoms with Crippen LogP contribution in [0.15, 0.2) is 0 Å². The van der Waals surface area contributed by atoms with Crippen LogP contribution in [0.1, 0.15) is 44.9 Å². The molecule has 0 unspecified atom stereocenters. The maximum atomic E-state index is 12.2. The van der Waals surface area contributed by atoms with Crippen LogP contribution in [-0.2, 0) is 0 Å². The average Bonchev–Trinajstić information content (AvgIpc) is 2.87. The van der Waals surface area contributed by atoms with Gasteiger partial charge in [0.2, 0.25) is 0 Å². The van der Waals surface area contributed by atoms with E-state index in [1.54, 1.807) is 0 Å². The Hall–Kier alpha value is -1.42. The number of nitrogens with one attached hydrogen (secondary N) is 1. The summed E-state index contributed by atoms with van der Waals surface area (Å²) in [4.78, 5) is 28.1. The number of ketones is 1. The van der Waals surface area contributed by atoms with Crippen molar-refractivity contribution >= 4 is 12.1 Å². The van der Waals surface area contributed by atoms with Crippen LogP contribution in [0.2, 0.25) is 0 Å². The lowest BCUT2D eigenvalue weighted by Gasteiger charge is -2.13. The summed E-state index contributed by atoms with van der Waals surface area (Å²) in [7, 11) is 0. The molecule has 0 atom stereocenters. The van der Waals surface area contributed by atoms with E-state index in [0.29, 0.717) is 17.8 Å². The Morgan fingerprint density at radius 1 is 1.35 bits per heavy atom. The zero-order valence-corrected chi connectivity index (χ0v) is 10.4. The molecule has 1 aliphatic heterocycles. The summed E-state index contributed by atoms with van der Waals surface area (Å²) in [5.74, 6) is 0.117. The molecule has 4 nitrogen and oxygen atoms in total. The number of hydrogen-bond acceptors (Lipinski definition) is 3. The number of aromatic amines is 1. The highest BCUT2D eigenvalue weighted by Crippen LogP contribution is 2.18. The number of carbonyl (C=O) groups is 2. The van der Waals surface area contributed by atoms with Crippen LogP contribution in [0.5, 0.6) is 0 Å². The first-order valence-electron chi connectivity index (χ1n) is 6.03. The summed E-state index contributed by atoms with van der Waals surface area (Å²) in [6.45, 7) is 6.16. The van der Waals surface area contributed by atoms with Gasteiger partial charge >= 0.3 is 0 Å². The van der Waals surface area contributed by atoms with E-state index in [1.807, 2.05) is 13.8 Å². The lowest BCUT2D eigenvalue weighted by molar-refractivity contribution is 0.0944. The van der Waals surface area contributed by atoms with E-state index in [0.717, 1.165) is 30.6 Å². The first-order chi connectivity index (χ1) is 8.13. The Kier molecular flexibility index (Phi) is 3.43. The largest absolute Gasteiger partial charge is 0.356 e. The molecule has 2 rings (SSSR count). The van der Waals surface area contributed by atoms with Crippen molar-refractivity contribution in [1.82, 2.24) is 9.88 Å². The van der Waals surface area contributed by atoms with Gasteiger partial charge in [-0.1, -0.05) is 0 Å². The quantitative estimate of drug-likeness (QED) is 0.637. The Bertz CT molecular complexity index is 443. The van der Waals surface area contributed by atoms with E-state index in [1.165, 1.54) is 12.8 Å². The second-order valence-corrected chi connectivity index (χ2v) is 4.69. The molecule has 0 aliphatic carbocycles. The first kappa shape index (κ1) is 12.0. The number of nitrogens with zero attached hydrogens (tertiary/aromatic N) is 1. The average molecular weight is 234 g/mol. The Balaban J connectivity index is 2.18. The third-order valence-corrected chi connectivity index (χ3v) is 3.44. The number of aryl methyl sites for hydroxylation is 1. The number of likely N-dealkylation sites (tertiary alicyclic amines) is 1. The van der Waals surface area contributed by atoms with E-state index in [9.17, 15) is 9.59 Å². The first-order valence-corrected chi connectivity index (χ1v) is 6.03. The van der Waals surface area contributed by atoms with Crippen molar-refractivity contribution < 1.29 is 9.59 Å². The van der Waals surface area contributed by atoms with Crippen molar-refractivity contribution in [2.24, 2.45) is 0 Å². The van der Waals surface area contributed by atoms with Crippen molar-refractivity contribution in [3.05, 3.63) is 22.5 Å². The topological polar surface area (TPSA) is 53.2 Å². The number of hydrogen-bond donors (Lipinski definition) is 1. The van der Waals surface area contributed by atoms with E-state index in [2.05, 4.69) is 9.88 Å². The third-order valence-electron chi connectivity index (χ3n) is 3.44. The zero-order valence-electron chi connectivity index (χ0n) is 10.4. The number of Topliss-reactive ketones (excluding diaryl/α,β-unsaturated/α-hetero) is 1. The number of H-pyrrole nitrogens is 1. The van der Waals surface area contributed by atoms with Gasteiger partial charge < -0.3 is 4.98 Å². The number of aldehydes is 1. The smallest absolute Gasteiger partial charge is 0.178 e. The summed E-state index contributed by atoms with van der Waals surface area (Å²) < 4.78 is 0. The van der Waals surface area contributed by atoms with Gasteiger partial charge in [0.1, 0.15) is 0 Å². The summed E-state index contributed by atoms with van der Waals surface area (Å²) in [5.41, 5.74) is 2.79. The number of carbonyl (C=O) groups excluding carboxylic acids is 2. The molecular weight excluding hydrogens is 216 g/mol. The van der Waals surface area contributed by atoms with Crippen molar-refractivity contribution in [2.75, 3.05) is 19.6 Å². The van der Waals surface area contributed by atoms with Crippen molar-refractivity contribution in [3.8, 4) is 0 Å². The Morgan fingerprint density at radius 2 is 2.00 bits per heavy atom. The Labute approximate surface area is 101 Å². The minimum absolute atomic E-state index is 0.117. The van der Waals surface area contributed by atoms with Crippen LogP contribution < -0.4 is 0 Å². The lowest BCUT2D eigenvalue weighted by atomic mass is 10.1. The van der Waals surface area contributed by atoms with Gasteiger partial charge in [-0.05, 0) is 45.3 Å². The van der Waals surface area contributed by atoms with E-state index in [-0.39, 0.29) is 5.78 Å². The van der Waals surface area contributed by atoms with Gasteiger partial charge in [0.15, 0.2) is 12.1 Å². The molecule has 2 heterocycles. The molecule has 1 N–H and O–H groups in total. The van der Waals surface area contributed by atoms with Crippen LogP contribution in [0.3, 0.4) is 0 Å². The number of rotatable bonds is 4. The fourth-order valence-corrected chi connectivity index (χ4v) is 2.53. The van der Waals surface area contributed by atoms with Crippen molar-refractivity contribution in [2.45, 2.75) is 26.7 Å². The Morgan fingerprint density at radius 3 is 2.53 bits per heavy atom. The van der Waals surface area contributed by atoms with Crippen LogP contribution in [0.4, 0.5) is 0 Å². The van der Waals surface area contributed by atoms with Gasteiger partial charge in [0.25, 0.3) is 0 Å². The highest BCUT2D eigenvalue weighted by molar-refractivity contribution is 6.01. The van der Waals surface area contributed by atoms with E-state index in [4.69, 9.17) is 0 Å². The highest BCUT2D eigenvalue weighted by atomic mass is 16.1. The van der Waals surface area contributed by atoms with Crippen LogP contribution in [-0.4, -0.2) is 41.6 Å². The minimum atomic E-state index is 0.117. The minimum Gasteiger partial charge on any atom is -0.356 e. The standard InChI is InChI=1S/C13H18N2O2/c1-9-11(8-16)14-10(2)13(9)12(17)7-15-5-3-4-6-15/h8,14H,3-7H2,1-2H3. The molecule has 0 radical (unpaired) electrons. The maximum Gasteiger partial charge on any atom is 0.178 e. The normalized spacial score (nSPS) is 16.4. The molecule has 17 heavy (non-hydrogen) atoms. The molecule has 0 bridgehead atoms. The molecular formula is C13H18N2O2. The molecule has 1 aromatic heterocycles. The monoisotopic (exact) mass is 234 g/mol. The zero-order chi connectivity index (χ0) is 12.4. The molecule has 92 valence electrons. The van der Waals surface area contributed by atoms with Crippen molar-refractivity contribution in [3.63, 3.8) is 0 Å².